The molecule has 22 heavy (non-hydrogen) atoms. The molecule has 0 bridgehead atoms. The van der Waals surface area contributed by atoms with E-state index in [4.69, 9.17) is 9.84 Å². The Labute approximate surface area is 128 Å². The number of carboxylic acid groups (broad SMARTS) is 1. The Morgan fingerprint density at radius 3 is 2.73 bits per heavy atom. The van der Waals surface area contributed by atoms with E-state index in [-0.39, 0.29) is 11.3 Å². The first-order chi connectivity index (χ1) is 10.6. The number of rotatable bonds is 5. The van der Waals surface area contributed by atoms with E-state index in [1.165, 1.54) is 24.4 Å². The van der Waals surface area contributed by atoms with E-state index in [1.807, 2.05) is 24.3 Å². The maximum absolute atomic E-state index is 11.9. The smallest absolute Gasteiger partial charge is 0.335 e. The topological polar surface area (TPSA) is 72.6 Å². The van der Waals surface area contributed by atoms with Gasteiger partial charge in [0.05, 0.1) is 12.7 Å². The van der Waals surface area contributed by atoms with Gasteiger partial charge in [0.15, 0.2) is 6.21 Å². The summed E-state index contributed by atoms with van der Waals surface area (Å²) in [5, 5.41) is 20.9. The highest BCUT2D eigenvalue weighted by Crippen LogP contribution is 2.18. The van der Waals surface area contributed by atoms with Gasteiger partial charge in [-0.25, -0.2) is 4.79 Å². The average Bonchev–Trinajstić information content (AvgIpc) is 2.55. The molecule has 0 aromatic heterocycles. The van der Waals surface area contributed by atoms with Gasteiger partial charge < -0.3 is 15.1 Å². The van der Waals surface area contributed by atoms with E-state index < -0.39 is 5.97 Å². The molecule has 0 fully saturated rings. The number of hydrogen-bond acceptors (Lipinski definition) is 3. The molecular weight excluding hydrogens is 282 g/mol. The van der Waals surface area contributed by atoms with Crippen LogP contribution in [-0.2, 0) is 0 Å². The van der Waals surface area contributed by atoms with E-state index in [9.17, 15) is 10.0 Å². The van der Waals surface area contributed by atoms with Crippen molar-refractivity contribution in [1.82, 2.24) is 0 Å². The molecule has 2 aromatic carbocycles. The summed E-state index contributed by atoms with van der Waals surface area (Å²) in [4.78, 5) is 10.9. The van der Waals surface area contributed by atoms with Crippen molar-refractivity contribution in [1.29, 1.82) is 0 Å². The van der Waals surface area contributed by atoms with Crippen molar-refractivity contribution in [2.45, 2.75) is 0 Å². The monoisotopic (exact) mass is 297 g/mol. The number of allylic oxidation sites excluding steroid dienone is 1. The van der Waals surface area contributed by atoms with Crippen molar-refractivity contribution in [3.05, 3.63) is 70.9 Å². The lowest BCUT2D eigenvalue weighted by atomic mass is 10.2. The van der Waals surface area contributed by atoms with Gasteiger partial charge in [-0.2, -0.15) is 4.74 Å². The molecule has 0 heterocycles. The van der Waals surface area contributed by atoms with Crippen molar-refractivity contribution >= 4 is 23.9 Å². The molecule has 0 atom stereocenters. The standard InChI is InChI=1S/C17H15NO4/c1-22-16-10-3-2-6-13(16)8-5-11-18(21)15-9-4-7-14(12-15)17(19)20/h2-12H,1H3,(H,19,20). The van der Waals surface area contributed by atoms with E-state index in [2.05, 4.69) is 0 Å². The Bertz CT molecular complexity index is 735. The predicted octanol–water partition coefficient (Wildman–Crippen LogP) is 3.32. The molecule has 0 amide bonds. The Balaban J connectivity index is 2.20. The average molecular weight is 297 g/mol. The summed E-state index contributed by atoms with van der Waals surface area (Å²) < 4.78 is 5.82. The zero-order valence-electron chi connectivity index (χ0n) is 12.0. The van der Waals surface area contributed by atoms with Gasteiger partial charge in [-0.1, -0.05) is 24.3 Å². The Morgan fingerprint density at radius 2 is 2.00 bits per heavy atom. The minimum atomic E-state index is -1.07. The maximum atomic E-state index is 11.9. The molecule has 0 saturated carbocycles. The summed E-state index contributed by atoms with van der Waals surface area (Å²) in [6.07, 6.45) is 4.64. The summed E-state index contributed by atoms with van der Waals surface area (Å²) in [6.45, 7) is 0. The van der Waals surface area contributed by atoms with Crippen LogP contribution in [0.1, 0.15) is 15.9 Å². The molecule has 112 valence electrons. The largest absolute Gasteiger partial charge is 0.618 e. The quantitative estimate of drug-likeness (QED) is 0.398. The normalized spacial score (nSPS) is 11.6. The number of para-hydroxylation sites is 1. The Hall–Kier alpha value is -3.08. The fraction of sp³-hybridized carbons (Fsp3) is 0.0588. The van der Waals surface area contributed by atoms with Gasteiger partial charge in [-0.15, -0.1) is 0 Å². The third-order valence-electron chi connectivity index (χ3n) is 2.98. The third kappa shape index (κ3) is 3.73. The molecule has 2 rings (SSSR count). The highest BCUT2D eigenvalue weighted by Gasteiger charge is 2.07. The fourth-order valence-electron chi connectivity index (χ4n) is 1.89. The molecule has 1 N–H and O–H groups in total. The lowest BCUT2D eigenvalue weighted by molar-refractivity contribution is -0.354. The van der Waals surface area contributed by atoms with Crippen LogP contribution < -0.4 is 4.74 Å². The summed E-state index contributed by atoms with van der Waals surface area (Å²) in [5.41, 5.74) is 1.17. The van der Waals surface area contributed by atoms with Gasteiger partial charge in [0, 0.05) is 23.8 Å². The Kier molecular flexibility index (Phi) is 4.93. The number of hydrogen-bond donors (Lipinski definition) is 1. The molecule has 2 aromatic rings. The van der Waals surface area contributed by atoms with E-state index in [0.29, 0.717) is 10.5 Å². The first-order valence-corrected chi connectivity index (χ1v) is 6.56. The number of nitrogens with zero attached hydrogens (tertiary/aromatic N) is 1. The summed E-state index contributed by atoms with van der Waals surface area (Å²) in [5.74, 6) is -0.364. The zero-order valence-corrected chi connectivity index (χ0v) is 12.0. The molecule has 0 radical (unpaired) electrons. The van der Waals surface area contributed by atoms with Crippen LogP contribution in [0.15, 0.2) is 54.6 Å². The summed E-state index contributed by atoms with van der Waals surface area (Å²) in [6, 6.07) is 13.3. The van der Waals surface area contributed by atoms with E-state index in [1.54, 1.807) is 25.3 Å². The molecule has 0 aliphatic rings. The highest BCUT2D eigenvalue weighted by atomic mass is 16.5. The van der Waals surface area contributed by atoms with Crippen LogP contribution >= 0.6 is 0 Å². The Morgan fingerprint density at radius 1 is 1.23 bits per heavy atom. The minimum absolute atomic E-state index is 0.0699. The molecule has 0 spiro atoms. The molecule has 5 heteroatoms. The van der Waals surface area contributed by atoms with Crippen LogP contribution in [-0.4, -0.2) is 29.1 Å². The van der Waals surface area contributed by atoms with Crippen LogP contribution in [0.3, 0.4) is 0 Å². The predicted molar refractivity (Wildman–Crippen MR) is 84.8 cm³/mol. The van der Waals surface area contributed by atoms with Gasteiger partial charge in [-0.3, -0.25) is 0 Å². The second-order valence-electron chi connectivity index (χ2n) is 4.43. The number of ether oxygens (including phenoxy) is 1. The van der Waals surface area contributed by atoms with Gasteiger partial charge in [0.1, 0.15) is 5.75 Å². The van der Waals surface area contributed by atoms with Crippen molar-refractivity contribution in [3.63, 3.8) is 0 Å². The molecule has 0 aliphatic carbocycles. The van der Waals surface area contributed by atoms with Gasteiger partial charge in [0.25, 0.3) is 0 Å². The minimum Gasteiger partial charge on any atom is -0.618 e. The third-order valence-corrected chi connectivity index (χ3v) is 2.98. The second kappa shape index (κ2) is 7.08. The molecule has 5 nitrogen and oxygen atoms in total. The van der Waals surface area contributed by atoms with E-state index >= 15 is 0 Å². The van der Waals surface area contributed by atoms with Gasteiger partial charge in [-0.05, 0) is 18.2 Å². The lowest BCUT2D eigenvalue weighted by Gasteiger charge is -2.03. The number of carboxylic acids is 1. The summed E-state index contributed by atoms with van der Waals surface area (Å²) in [7, 11) is 1.58. The van der Waals surface area contributed by atoms with Crippen molar-refractivity contribution in [3.8, 4) is 5.75 Å². The fourth-order valence-corrected chi connectivity index (χ4v) is 1.89. The van der Waals surface area contributed by atoms with Gasteiger partial charge in [0.2, 0.25) is 5.69 Å². The molecule has 0 unspecified atom stereocenters. The highest BCUT2D eigenvalue weighted by molar-refractivity contribution is 5.88. The number of carbonyl (C=O) groups is 1. The van der Waals surface area contributed by atoms with Crippen LogP contribution in [0.4, 0.5) is 5.69 Å². The first-order valence-electron chi connectivity index (χ1n) is 6.56. The van der Waals surface area contributed by atoms with Crippen molar-refractivity contribution in [2.75, 3.05) is 7.11 Å². The van der Waals surface area contributed by atoms with Crippen molar-refractivity contribution < 1.29 is 19.4 Å². The molecule has 0 saturated heterocycles. The number of methoxy groups -OCH3 is 1. The maximum Gasteiger partial charge on any atom is 0.335 e. The first kappa shape index (κ1) is 15.3. The van der Waals surface area contributed by atoms with Crippen LogP contribution in [0.5, 0.6) is 5.75 Å². The second-order valence-corrected chi connectivity index (χ2v) is 4.43. The van der Waals surface area contributed by atoms with Crippen LogP contribution in [0.25, 0.3) is 6.08 Å². The van der Waals surface area contributed by atoms with Crippen molar-refractivity contribution in [2.24, 2.45) is 0 Å². The van der Waals surface area contributed by atoms with Crippen LogP contribution in [0.2, 0.25) is 0 Å². The SMILES string of the molecule is COc1ccccc1C=CC=[N+]([O-])c1cccc(C(=O)O)c1. The number of benzene rings is 2. The molecule has 0 aliphatic heterocycles. The number of aromatic carboxylic acids is 1. The molecular formula is C17H15NO4. The summed E-state index contributed by atoms with van der Waals surface area (Å²) >= 11 is 0. The zero-order chi connectivity index (χ0) is 15.9. The lowest BCUT2D eigenvalue weighted by Crippen LogP contribution is -2.00. The van der Waals surface area contributed by atoms with Crippen LogP contribution in [0, 0.1) is 5.21 Å². The van der Waals surface area contributed by atoms with Gasteiger partial charge >= 0.3 is 5.97 Å². The van der Waals surface area contributed by atoms with E-state index in [0.717, 1.165) is 5.56 Å².